The van der Waals surface area contributed by atoms with Crippen LogP contribution in [0.2, 0.25) is 0 Å². The quantitative estimate of drug-likeness (QED) is 0.856. The summed E-state index contributed by atoms with van der Waals surface area (Å²) >= 11 is 0. The molecule has 1 aromatic carbocycles. The number of methoxy groups -OCH3 is 1. The molecule has 0 aliphatic carbocycles. The minimum atomic E-state index is -1.03. The molecule has 1 heterocycles. The molecule has 0 aliphatic rings. The molecule has 6 heteroatoms. The lowest BCUT2D eigenvalue weighted by Gasteiger charge is -2.08. The van der Waals surface area contributed by atoms with E-state index in [9.17, 15) is 4.79 Å². The van der Waals surface area contributed by atoms with Crippen molar-refractivity contribution in [2.75, 3.05) is 12.4 Å². The Bertz CT molecular complexity index is 558. The molecular weight excluding hydrogens is 234 g/mol. The van der Waals surface area contributed by atoms with Crippen LogP contribution in [-0.4, -0.2) is 28.2 Å². The molecule has 0 aliphatic heterocycles. The summed E-state index contributed by atoms with van der Waals surface area (Å²) in [7, 11) is 1.42. The van der Waals surface area contributed by atoms with Crippen molar-refractivity contribution in [2.45, 2.75) is 0 Å². The SMILES string of the molecule is COc1cc(Nc2ncccn2)ccc1C(=O)O. The molecule has 2 aromatic rings. The minimum absolute atomic E-state index is 0.108. The van der Waals surface area contributed by atoms with Crippen LogP contribution in [0.25, 0.3) is 0 Å². The van der Waals surface area contributed by atoms with Gasteiger partial charge in [-0.05, 0) is 18.2 Å². The van der Waals surface area contributed by atoms with Crippen molar-refractivity contribution in [1.29, 1.82) is 0 Å². The predicted octanol–water partition coefficient (Wildman–Crippen LogP) is 1.93. The summed E-state index contributed by atoms with van der Waals surface area (Å²) in [5, 5.41) is 11.9. The minimum Gasteiger partial charge on any atom is -0.496 e. The van der Waals surface area contributed by atoms with Crippen LogP contribution in [0.1, 0.15) is 10.4 Å². The lowest BCUT2D eigenvalue weighted by Crippen LogP contribution is -2.02. The monoisotopic (exact) mass is 245 g/mol. The summed E-state index contributed by atoms with van der Waals surface area (Å²) in [5.41, 5.74) is 0.764. The molecule has 0 amide bonds. The second-order valence-corrected chi connectivity index (χ2v) is 3.42. The topological polar surface area (TPSA) is 84.3 Å². The molecule has 2 N–H and O–H groups in total. The molecule has 2 rings (SSSR count). The van der Waals surface area contributed by atoms with E-state index < -0.39 is 5.97 Å². The molecule has 0 atom stereocenters. The van der Waals surface area contributed by atoms with E-state index in [0.717, 1.165) is 0 Å². The zero-order chi connectivity index (χ0) is 13.0. The fourth-order valence-corrected chi connectivity index (χ4v) is 1.44. The summed E-state index contributed by atoms with van der Waals surface area (Å²) in [6.45, 7) is 0. The summed E-state index contributed by atoms with van der Waals surface area (Å²) in [5.74, 6) is -0.319. The van der Waals surface area contributed by atoms with Crippen LogP contribution in [0.3, 0.4) is 0 Å². The van der Waals surface area contributed by atoms with Gasteiger partial charge in [-0.25, -0.2) is 14.8 Å². The molecular formula is C12H11N3O3. The summed E-state index contributed by atoms with van der Waals surface area (Å²) in [6, 6.07) is 6.38. The van der Waals surface area contributed by atoms with E-state index >= 15 is 0 Å². The highest BCUT2D eigenvalue weighted by molar-refractivity contribution is 5.91. The Balaban J connectivity index is 2.28. The van der Waals surface area contributed by atoms with Crippen molar-refractivity contribution in [2.24, 2.45) is 0 Å². The van der Waals surface area contributed by atoms with E-state index in [0.29, 0.717) is 11.6 Å². The fraction of sp³-hybridized carbons (Fsp3) is 0.0833. The Labute approximate surface area is 103 Å². The number of ether oxygens (including phenoxy) is 1. The second-order valence-electron chi connectivity index (χ2n) is 3.42. The van der Waals surface area contributed by atoms with Crippen molar-refractivity contribution < 1.29 is 14.6 Å². The van der Waals surface area contributed by atoms with Crippen LogP contribution in [0.15, 0.2) is 36.7 Å². The number of nitrogens with zero attached hydrogens (tertiary/aromatic N) is 2. The van der Waals surface area contributed by atoms with Crippen LogP contribution < -0.4 is 10.1 Å². The average molecular weight is 245 g/mol. The maximum Gasteiger partial charge on any atom is 0.339 e. The first-order valence-electron chi connectivity index (χ1n) is 5.16. The summed E-state index contributed by atoms with van der Waals surface area (Å²) in [6.07, 6.45) is 3.22. The molecule has 0 fully saturated rings. The number of rotatable bonds is 4. The first-order valence-corrected chi connectivity index (χ1v) is 5.16. The van der Waals surface area contributed by atoms with Gasteiger partial charge in [0.1, 0.15) is 11.3 Å². The third-order valence-corrected chi connectivity index (χ3v) is 2.25. The van der Waals surface area contributed by atoms with Gasteiger partial charge in [-0.3, -0.25) is 0 Å². The third kappa shape index (κ3) is 2.54. The number of benzene rings is 1. The number of aromatic nitrogens is 2. The Morgan fingerprint density at radius 3 is 2.67 bits per heavy atom. The van der Waals surface area contributed by atoms with Gasteiger partial charge in [0.05, 0.1) is 7.11 Å². The highest BCUT2D eigenvalue weighted by Crippen LogP contribution is 2.24. The largest absolute Gasteiger partial charge is 0.496 e. The average Bonchev–Trinajstić information content (AvgIpc) is 2.39. The molecule has 6 nitrogen and oxygen atoms in total. The maximum absolute atomic E-state index is 10.9. The Morgan fingerprint density at radius 2 is 2.06 bits per heavy atom. The third-order valence-electron chi connectivity index (χ3n) is 2.25. The van der Waals surface area contributed by atoms with Gasteiger partial charge < -0.3 is 15.2 Å². The van der Waals surface area contributed by atoms with Crippen LogP contribution in [0.4, 0.5) is 11.6 Å². The van der Waals surface area contributed by atoms with Gasteiger partial charge in [-0.2, -0.15) is 0 Å². The number of anilines is 2. The van der Waals surface area contributed by atoms with Crippen LogP contribution >= 0.6 is 0 Å². The summed E-state index contributed by atoms with van der Waals surface area (Å²) in [4.78, 5) is 18.9. The Kier molecular flexibility index (Phi) is 3.38. The van der Waals surface area contributed by atoms with Crippen LogP contribution in [0, 0.1) is 0 Å². The number of carboxylic acid groups (broad SMARTS) is 1. The fourth-order valence-electron chi connectivity index (χ4n) is 1.44. The molecule has 0 saturated heterocycles. The first kappa shape index (κ1) is 11.8. The van der Waals surface area contributed by atoms with Crippen molar-refractivity contribution in [3.8, 4) is 5.75 Å². The first-order chi connectivity index (χ1) is 8.70. The van der Waals surface area contributed by atoms with Crippen molar-refractivity contribution in [3.63, 3.8) is 0 Å². The number of hydrogen-bond acceptors (Lipinski definition) is 5. The lowest BCUT2D eigenvalue weighted by molar-refractivity contribution is 0.0693. The molecule has 1 aromatic heterocycles. The van der Waals surface area contributed by atoms with Gasteiger partial charge in [-0.1, -0.05) is 0 Å². The number of hydrogen-bond donors (Lipinski definition) is 2. The van der Waals surface area contributed by atoms with Crippen molar-refractivity contribution in [1.82, 2.24) is 9.97 Å². The molecule has 0 spiro atoms. The molecule has 18 heavy (non-hydrogen) atoms. The van der Waals surface area contributed by atoms with E-state index in [1.165, 1.54) is 13.2 Å². The molecule has 92 valence electrons. The predicted molar refractivity (Wildman–Crippen MR) is 65.3 cm³/mol. The highest BCUT2D eigenvalue weighted by atomic mass is 16.5. The van der Waals surface area contributed by atoms with Gasteiger partial charge in [0.2, 0.25) is 5.95 Å². The summed E-state index contributed by atoms with van der Waals surface area (Å²) < 4.78 is 5.02. The van der Waals surface area contributed by atoms with Gasteiger partial charge in [0.15, 0.2) is 0 Å². The van der Waals surface area contributed by atoms with Gasteiger partial charge in [-0.15, -0.1) is 0 Å². The van der Waals surface area contributed by atoms with E-state index in [2.05, 4.69) is 15.3 Å². The van der Waals surface area contributed by atoms with E-state index in [1.807, 2.05) is 0 Å². The van der Waals surface area contributed by atoms with Crippen molar-refractivity contribution in [3.05, 3.63) is 42.2 Å². The van der Waals surface area contributed by atoms with Crippen LogP contribution in [-0.2, 0) is 0 Å². The van der Waals surface area contributed by atoms with Crippen molar-refractivity contribution >= 4 is 17.6 Å². The zero-order valence-electron chi connectivity index (χ0n) is 9.62. The van der Waals surface area contributed by atoms with E-state index in [-0.39, 0.29) is 11.3 Å². The normalized spacial score (nSPS) is 9.83. The smallest absolute Gasteiger partial charge is 0.339 e. The number of nitrogens with one attached hydrogen (secondary N) is 1. The Morgan fingerprint density at radius 1 is 1.33 bits per heavy atom. The van der Waals surface area contributed by atoms with Gasteiger partial charge in [0, 0.05) is 24.1 Å². The number of carboxylic acids is 1. The number of carbonyl (C=O) groups is 1. The Hall–Kier alpha value is -2.63. The van der Waals surface area contributed by atoms with Gasteiger partial charge in [0.25, 0.3) is 0 Å². The van der Waals surface area contributed by atoms with Gasteiger partial charge >= 0.3 is 5.97 Å². The lowest BCUT2D eigenvalue weighted by atomic mass is 10.2. The second kappa shape index (κ2) is 5.13. The molecule has 0 radical (unpaired) electrons. The van der Waals surface area contributed by atoms with E-state index in [1.54, 1.807) is 30.6 Å². The maximum atomic E-state index is 10.9. The molecule has 0 unspecified atom stereocenters. The van der Waals surface area contributed by atoms with Crippen LogP contribution in [0.5, 0.6) is 5.75 Å². The number of aromatic carboxylic acids is 1. The molecule has 0 bridgehead atoms. The molecule has 0 saturated carbocycles. The van der Waals surface area contributed by atoms with E-state index in [4.69, 9.17) is 9.84 Å². The zero-order valence-corrected chi connectivity index (χ0v) is 9.62. The highest BCUT2D eigenvalue weighted by Gasteiger charge is 2.11. The standard InChI is InChI=1S/C12H11N3O3/c1-18-10-7-8(3-4-9(10)11(16)17)15-12-13-5-2-6-14-12/h2-7H,1H3,(H,16,17)(H,13,14,15).